The lowest BCUT2D eigenvalue weighted by molar-refractivity contribution is 0.377. The van der Waals surface area contributed by atoms with E-state index in [1.54, 1.807) is 6.20 Å². The van der Waals surface area contributed by atoms with Gasteiger partial charge in [0.15, 0.2) is 11.5 Å². The number of rotatable bonds is 2. The first-order chi connectivity index (χ1) is 10.4. The zero-order chi connectivity index (χ0) is 14.1. The number of hydrogen-bond acceptors (Lipinski definition) is 4. The van der Waals surface area contributed by atoms with Gasteiger partial charge in [-0.1, -0.05) is 6.07 Å². The number of nitrogens with zero attached hydrogens (tertiary/aromatic N) is 4. The molecule has 106 valence electrons. The third-order valence-electron chi connectivity index (χ3n) is 4.03. The van der Waals surface area contributed by atoms with Gasteiger partial charge in [0.25, 0.3) is 0 Å². The van der Waals surface area contributed by atoms with Crippen LogP contribution in [0.4, 0.5) is 0 Å². The van der Waals surface area contributed by atoms with E-state index in [0.29, 0.717) is 6.04 Å². The minimum atomic E-state index is 0.456. The van der Waals surface area contributed by atoms with Gasteiger partial charge in [-0.2, -0.15) is 0 Å². The molecule has 0 unspecified atom stereocenters. The van der Waals surface area contributed by atoms with Crippen molar-refractivity contribution in [3.63, 3.8) is 0 Å². The fourth-order valence-corrected chi connectivity index (χ4v) is 3.04. The van der Waals surface area contributed by atoms with E-state index in [0.717, 1.165) is 48.6 Å². The molecular formula is C16H17N5. The maximum absolute atomic E-state index is 4.73. The summed E-state index contributed by atoms with van der Waals surface area (Å²) in [5.41, 5.74) is 2.82. The second-order valence-corrected chi connectivity index (χ2v) is 5.35. The summed E-state index contributed by atoms with van der Waals surface area (Å²) in [5.74, 6) is 0.927. The highest BCUT2D eigenvalue weighted by atomic mass is 15.2. The van der Waals surface area contributed by atoms with Gasteiger partial charge in [-0.3, -0.25) is 4.98 Å². The molecule has 1 aliphatic rings. The van der Waals surface area contributed by atoms with E-state index in [-0.39, 0.29) is 0 Å². The van der Waals surface area contributed by atoms with Gasteiger partial charge in [-0.25, -0.2) is 9.97 Å². The molecule has 4 rings (SSSR count). The smallest absolute Gasteiger partial charge is 0.178 e. The summed E-state index contributed by atoms with van der Waals surface area (Å²) in [6.07, 6.45) is 5.83. The molecule has 0 bridgehead atoms. The summed E-state index contributed by atoms with van der Waals surface area (Å²) in [4.78, 5) is 13.6. The number of hydrogen-bond donors (Lipinski definition) is 1. The number of nitrogens with one attached hydrogen (secondary N) is 1. The van der Waals surface area contributed by atoms with Crippen LogP contribution >= 0.6 is 0 Å². The normalized spacial score (nSPS) is 16.4. The van der Waals surface area contributed by atoms with Crippen molar-refractivity contribution in [1.82, 2.24) is 24.8 Å². The van der Waals surface area contributed by atoms with Crippen LogP contribution in [0.25, 0.3) is 22.7 Å². The molecule has 4 heterocycles. The first-order valence-corrected chi connectivity index (χ1v) is 7.38. The predicted molar refractivity (Wildman–Crippen MR) is 81.9 cm³/mol. The molecule has 3 aromatic rings. The summed E-state index contributed by atoms with van der Waals surface area (Å²) in [7, 11) is 0. The van der Waals surface area contributed by atoms with Gasteiger partial charge in [0.05, 0.1) is 5.52 Å². The molecule has 1 saturated heterocycles. The van der Waals surface area contributed by atoms with Crippen LogP contribution in [0.5, 0.6) is 0 Å². The number of imidazole rings is 1. The van der Waals surface area contributed by atoms with Crippen molar-refractivity contribution < 1.29 is 0 Å². The minimum Gasteiger partial charge on any atom is -0.318 e. The third kappa shape index (κ3) is 2.19. The van der Waals surface area contributed by atoms with Crippen molar-refractivity contribution in [1.29, 1.82) is 0 Å². The zero-order valence-electron chi connectivity index (χ0n) is 11.7. The van der Waals surface area contributed by atoms with E-state index < -0.39 is 0 Å². The van der Waals surface area contributed by atoms with E-state index >= 15 is 0 Å². The van der Waals surface area contributed by atoms with E-state index in [9.17, 15) is 0 Å². The van der Waals surface area contributed by atoms with Crippen molar-refractivity contribution in [2.24, 2.45) is 0 Å². The molecule has 0 aromatic carbocycles. The molecule has 3 aromatic heterocycles. The van der Waals surface area contributed by atoms with E-state index in [4.69, 9.17) is 4.98 Å². The highest BCUT2D eigenvalue weighted by Gasteiger charge is 2.22. The Labute approximate surface area is 123 Å². The Balaban J connectivity index is 1.92. The standard InChI is InChI=1S/C16H17N5/c1-2-8-18-13(4-1)16-20-15-14(5-3-9-19-15)21(16)12-6-10-17-11-7-12/h1-5,8-9,12,17H,6-7,10-11H2. The average Bonchev–Trinajstić information content (AvgIpc) is 2.96. The Kier molecular flexibility index (Phi) is 3.12. The number of piperidine rings is 1. The first kappa shape index (κ1) is 12.5. The van der Waals surface area contributed by atoms with E-state index in [2.05, 4.69) is 25.9 Å². The maximum atomic E-state index is 4.73. The molecule has 1 N–H and O–H groups in total. The Bertz CT molecular complexity index is 744. The fraction of sp³-hybridized carbons (Fsp3) is 0.312. The van der Waals surface area contributed by atoms with Gasteiger partial charge in [-0.05, 0) is 50.2 Å². The van der Waals surface area contributed by atoms with Gasteiger partial charge in [0.2, 0.25) is 0 Å². The molecule has 1 fully saturated rings. The zero-order valence-corrected chi connectivity index (χ0v) is 11.7. The molecule has 5 heteroatoms. The molecule has 1 aliphatic heterocycles. The maximum Gasteiger partial charge on any atom is 0.178 e. The van der Waals surface area contributed by atoms with E-state index in [1.807, 2.05) is 30.5 Å². The Morgan fingerprint density at radius 2 is 1.86 bits per heavy atom. The summed E-state index contributed by atoms with van der Waals surface area (Å²) < 4.78 is 2.32. The van der Waals surface area contributed by atoms with Crippen molar-refractivity contribution in [3.8, 4) is 11.5 Å². The van der Waals surface area contributed by atoms with Crippen molar-refractivity contribution in [2.45, 2.75) is 18.9 Å². The lowest BCUT2D eigenvalue weighted by Gasteiger charge is -2.26. The van der Waals surface area contributed by atoms with Gasteiger partial charge in [0, 0.05) is 18.4 Å². The first-order valence-electron chi connectivity index (χ1n) is 7.38. The van der Waals surface area contributed by atoms with Crippen LogP contribution in [0, 0.1) is 0 Å². The number of pyridine rings is 2. The monoisotopic (exact) mass is 279 g/mol. The summed E-state index contributed by atoms with van der Waals surface area (Å²) in [5, 5.41) is 3.42. The topological polar surface area (TPSA) is 55.6 Å². The van der Waals surface area contributed by atoms with E-state index in [1.165, 1.54) is 0 Å². The largest absolute Gasteiger partial charge is 0.318 e. The van der Waals surface area contributed by atoms with Crippen molar-refractivity contribution in [3.05, 3.63) is 42.7 Å². The quantitative estimate of drug-likeness (QED) is 0.782. The van der Waals surface area contributed by atoms with Gasteiger partial charge in [-0.15, -0.1) is 0 Å². The molecule has 21 heavy (non-hydrogen) atoms. The minimum absolute atomic E-state index is 0.456. The Morgan fingerprint density at radius 3 is 2.67 bits per heavy atom. The summed E-state index contributed by atoms with van der Waals surface area (Å²) in [6.45, 7) is 2.10. The Hall–Kier alpha value is -2.27. The van der Waals surface area contributed by atoms with Crippen molar-refractivity contribution >= 4 is 11.2 Å². The predicted octanol–water partition coefficient (Wildman–Crippen LogP) is 2.42. The molecule has 0 radical (unpaired) electrons. The second-order valence-electron chi connectivity index (χ2n) is 5.35. The third-order valence-corrected chi connectivity index (χ3v) is 4.03. The molecule has 0 spiro atoms. The van der Waals surface area contributed by atoms with Gasteiger partial charge >= 0.3 is 0 Å². The second kappa shape index (κ2) is 5.26. The summed E-state index contributed by atoms with van der Waals surface area (Å²) in [6, 6.07) is 10.5. The van der Waals surface area contributed by atoms with Crippen LogP contribution in [0.3, 0.4) is 0 Å². The van der Waals surface area contributed by atoms with Crippen LogP contribution in [0.15, 0.2) is 42.7 Å². The van der Waals surface area contributed by atoms with Crippen molar-refractivity contribution in [2.75, 3.05) is 13.1 Å². The molecule has 0 saturated carbocycles. The highest BCUT2D eigenvalue weighted by Crippen LogP contribution is 2.30. The lowest BCUT2D eigenvalue weighted by Crippen LogP contribution is -2.29. The fourth-order valence-electron chi connectivity index (χ4n) is 3.04. The summed E-state index contributed by atoms with van der Waals surface area (Å²) >= 11 is 0. The van der Waals surface area contributed by atoms with Crippen LogP contribution in [0.1, 0.15) is 18.9 Å². The molecule has 0 amide bonds. The van der Waals surface area contributed by atoms with Gasteiger partial charge < -0.3 is 9.88 Å². The SMILES string of the molecule is c1ccc(-c2nc3ncccc3n2C2CCNCC2)nc1. The average molecular weight is 279 g/mol. The lowest BCUT2D eigenvalue weighted by atomic mass is 10.1. The molecular weight excluding hydrogens is 262 g/mol. The molecule has 0 aliphatic carbocycles. The van der Waals surface area contributed by atoms with Crippen LogP contribution < -0.4 is 5.32 Å². The number of fused-ring (bicyclic) bond motifs is 1. The highest BCUT2D eigenvalue weighted by molar-refractivity contribution is 5.76. The molecule has 5 nitrogen and oxygen atoms in total. The van der Waals surface area contributed by atoms with Gasteiger partial charge in [0.1, 0.15) is 5.69 Å². The van der Waals surface area contributed by atoms with Crippen LogP contribution in [0.2, 0.25) is 0 Å². The molecule has 0 atom stereocenters. The van der Waals surface area contributed by atoms with Crippen LogP contribution in [-0.4, -0.2) is 32.6 Å². The van der Waals surface area contributed by atoms with Crippen LogP contribution in [-0.2, 0) is 0 Å². The number of aromatic nitrogens is 4. The Morgan fingerprint density at radius 1 is 1.00 bits per heavy atom.